The van der Waals surface area contributed by atoms with Crippen LogP contribution in [0.15, 0.2) is 109 Å². The fourth-order valence-electron chi connectivity index (χ4n) is 6.02. The first-order valence-electron chi connectivity index (χ1n) is 12.8. The van der Waals surface area contributed by atoms with Gasteiger partial charge in [-0.2, -0.15) is 0 Å². The van der Waals surface area contributed by atoms with Crippen LogP contribution in [-0.4, -0.2) is 4.57 Å². The summed E-state index contributed by atoms with van der Waals surface area (Å²) in [6.07, 6.45) is 1.03. The van der Waals surface area contributed by atoms with Crippen molar-refractivity contribution >= 4 is 21.8 Å². The maximum atomic E-state index is 2.45. The zero-order valence-electron chi connectivity index (χ0n) is 21.0. The van der Waals surface area contributed by atoms with Crippen molar-refractivity contribution in [2.45, 2.75) is 32.6 Å². The lowest BCUT2D eigenvalue weighted by Gasteiger charge is -2.24. The monoisotopic (exact) mass is 463 g/mol. The number of hydrogen-bond acceptors (Lipinski definition) is 0. The molecule has 0 fully saturated rings. The van der Waals surface area contributed by atoms with E-state index in [1.54, 1.807) is 0 Å². The van der Waals surface area contributed by atoms with Crippen LogP contribution in [0.5, 0.6) is 0 Å². The molecule has 0 spiro atoms. The molecule has 36 heavy (non-hydrogen) atoms. The first-order valence-corrected chi connectivity index (χ1v) is 12.8. The van der Waals surface area contributed by atoms with Gasteiger partial charge in [0.05, 0.1) is 11.0 Å². The Morgan fingerprint density at radius 1 is 0.556 bits per heavy atom. The predicted octanol–water partition coefficient (Wildman–Crippen LogP) is 9.32. The molecule has 0 bridgehead atoms. The molecule has 1 aliphatic rings. The minimum absolute atomic E-state index is 0.0505. The quantitative estimate of drug-likeness (QED) is 0.241. The molecular formula is C35H29N. The maximum Gasteiger partial charge on any atom is 0.0541 e. The van der Waals surface area contributed by atoms with Crippen molar-refractivity contribution in [3.8, 4) is 27.9 Å². The van der Waals surface area contributed by atoms with Gasteiger partial charge in [0.25, 0.3) is 0 Å². The second kappa shape index (κ2) is 7.70. The summed E-state index contributed by atoms with van der Waals surface area (Å²) in [4.78, 5) is 0. The predicted molar refractivity (Wildman–Crippen MR) is 153 cm³/mol. The summed E-state index contributed by atoms with van der Waals surface area (Å²) >= 11 is 0. The maximum absolute atomic E-state index is 2.45. The number of aromatic nitrogens is 1. The molecule has 1 nitrogen and oxygen atoms in total. The topological polar surface area (TPSA) is 4.93 Å². The van der Waals surface area contributed by atoms with Crippen LogP contribution < -0.4 is 0 Å². The first kappa shape index (κ1) is 21.2. The number of benzene rings is 5. The highest BCUT2D eigenvalue weighted by atomic mass is 15.0. The molecule has 1 heterocycles. The van der Waals surface area contributed by atoms with E-state index in [0.29, 0.717) is 0 Å². The number of nitrogens with zero attached hydrogens (tertiary/aromatic N) is 1. The highest BCUT2D eigenvalue weighted by molar-refractivity contribution is 6.10. The fraction of sp³-hybridized carbons (Fsp3) is 0.143. The van der Waals surface area contributed by atoms with Crippen molar-refractivity contribution < 1.29 is 0 Å². The third-order valence-electron chi connectivity index (χ3n) is 7.76. The number of para-hydroxylation sites is 2. The Kier molecular flexibility index (Phi) is 4.53. The lowest BCUT2D eigenvalue weighted by Crippen LogP contribution is -2.15. The normalized spacial score (nSPS) is 12.8. The lowest BCUT2D eigenvalue weighted by molar-refractivity contribution is 0.587. The molecule has 5 aromatic carbocycles. The Bertz CT molecular complexity index is 1790. The summed E-state index contributed by atoms with van der Waals surface area (Å²) < 4.78 is 2.45. The van der Waals surface area contributed by atoms with Gasteiger partial charge in [0.15, 0.2) is 0 Å². The zero-order chi connectivity index (χ0) is 24.4. The Morgan fingerprint density at radius 2 is 1.22 bits per heavy atom. The number of rotatable bonds is 2. The van der Waals surface area contributed by atoms with Gasteiger partial charge in [0.1, 0.15) is 0 Å². The zero-order valence-corrected chi connectivity index (χ0v) is 21.0. The van der Waals surface area contributed by atoms with Gasteiger partial charge in [0, 0.05) is 16.5 Å². The standard InChI is InChI=1S/C35H29N/c1-35(2,3)31-13-7-9-15-34(31)36-32-14-8-6-12-28(32)30-22-24(18-19-33(30)36)23-16-17-26-20-25-10-4-5-11-27(25)29(26)21-23/h4-19,21-22H,20H2,1-3H3. The summed E-state index contributed by atoms with van der Waals surface area (Å²) in [5, 5.41) is 2.59. The van der Waals surface area contributed by atoms with Crippen LogP contribution in [0.3, 0.4) is 0 Å². The molecule has 0 atom stereocenters. The Labute approximate surface area is 212 Å². The van der Waals surface area contributed by atoms with E-state index in [-0.39, 0.29) is 5.41 Å². The molecule has 0 unspecified atom stereocenters. The van der Waals surface area contributed by atoms with E-state index < -0.39 is 0 Å². The number of hydrogen-bond donors (Lipinski definition) is 0. The van der Waals surface area contributed by atoms with Crippen LogP contribution in [0.2, 0.25) is 0 Å². The van der Waals surface area contributed by atoms with Gasteiger partial charge in [-0.1, -0.05) is 99.6 Å². The van der Waals surface area contributed by atoms with E-state index in [1.807, 2.05) is 0 Å². The highest BCUT2D eigenvalue weighted by Crippen LogP contribution is 2.41. The van der Waals surface area contributed by atoms with E-state index in [1.165, 1.54) is 66.4 Å². The summed E-state index contributed by atoms with van der Waals surface area (Å²) in [5.74, 6) is 0. The molecule has 0 saturated heterocycles. The van der Waals surface area contributed by atoms with E-state index in [0.717, 1.165) is 6.42 Å². The molecule has 0 amide bonds. The third-order valence-corrected chi connectivity index (χ3v) is 7.76. The van der Waals surface area contributed by atoms with Crippen LogP contribution in [0.1, 0.15) is 37.5 Å². The average Bonchev–Trinajstić information content (AvgIpc) is 3.43. The van der Waals surface area contributed by atoms with Gasteiger partial charge in [-0.25, -0.2) is 0 Å². The molecule has 1 heteroatoms. The van der Waals surface area contributed by atoms with Gasteiger partial charge in [0.2, 0.25) is 0 Å². The molecular weight excluding hydrogens is 434 g/mol. The molecule has 0 aliphatic heterocycles. The Balaban J connectivity index is 1.45. The Morgan fingerprint density at radius 3 is 2.11 bits per heavy atom. The van der Waals surface area contributed by atoms with E-state index in [2.05, 4.69) is 135 Å². The van der Waals surface area contributed by atoms with E-state index in [4.69, 9.17) is 0 Å². The first-order chi connectivity index (χ1) is 17.5. The second-order valence-electron chi connectivity index (χ2n) is 11.1. The van der Waals surface area contributed by atoms with Gasteiger partial charge < -0.3 is 4.57 Å². The summed E-state index contributed by atoms with van der Waals surface area (Å²) in [6.45, 7) is 6.89. The molecule has 0 radical (unpaired) electrons. The van der Waals surface area contributed by atoms with Gasteiger partial charge >= 0.3 is 0 Å². The summed E-state index contributed by atoms with van der Waals surface area (Å²) in [5.41, 5.74) is 13.3. The van der Waals surface area contributed by atoms with Crippen LogP contribution >= 0.6 is 0 Å². The lowest BCUT2D eigenvalue weighted by atomic mass is 9.85. The average molecular weight is 464 g/mol. The van der Waals surface area contributed by atoms with Crippen molar-refractivity contribution in [1.82, 2.24) is 4.57 Å². The molecule has 174 valence electrons. The molecule has 0 saturated carbocycles. The fourth-order valence-corrected chi connectivity index (χ4v) is 6.02. The van der Waals surface area contributed by atoms with Crippen molar-refractivity contribution in [1.29, 1.82) is 0 Å². The van der Waals surface area contributed by atoms with Crippen molar-refractivity contribution in [2.75, 3.05) is 0 Å². The van der Waals surface area contributed by atoms with Crippen LogP contribution in [0.25, 0.3) is 49.7 Å². The number of fused-ring (bicyclic) bond motifs is 6. The van der Waals surface area contributed by atoms with Gasteiger partial charge in [-0.05, 0) is 81.1 Å². The smallest absolute Gasteiger partial charge is 0.0541 e. The van der Waals surface area contributed by atoms with Gasteiger partial charge in [-0.3, -0.25) is 0 Å². The molecule has 0 N–H and O–H groups in total. The largest absolute Gasteiger partial charge is 0.309 e. The van der Waals surface area contributed by atoms with Crippen molar-refractivity contribution in [3.63, 3.8) is 0 Å². The highest BCUT2D eigenvalue weighted by Gasteiger charge is 2.22. The molecule has 7 rings (SSSR count). The van der Waals surface area contributed by atoms with Gasteiger partial charge in [-0.15, -0.1) is 0 Å². The van der Waals surface area contributed by atoms with Crippen LogP contribution in [-0.2, 0) is 11.8 Å². The molecule has 6 aromatic rings. The van der Waals surface area contributed by atoms with Crippen molar-refractivity contribution in [3.05, 3.63) is 126 Å². The van der Waals surface area contributed by atoms with Crippen molar-refractivity contribution in [2.24, 2.45) is 0 Å². The van der Waals surface area contributed by atoms with E-state index in [9.17, 15) is 0 Å². The van der Waals surface area contributed by atoms with Crippen LogP contribution in [0, 0.1) is 0 Å². The SMILES string of the molecule is CC(C)(C)c1ccccc1-n1c2ccccc2c2cc(-c3ccc4c(c3)-c3ccccc3C4)ccc21. The molecule has 1 aromatic heterocycles. The van der Waals surface area contributed by atoms with Crippen LogP contribution in [0.4, 0.5) is 0 Å². The minimum Gasteiger partial charge on any atom is -0.309 e. The van der Waals surface area contributed by atoms with E-state index >= 15 is 0 Å². The summed E-state index contributed by atoms with van der Waals surface area (Å²) in [7, 11) is 0. The summed E-state index contributed by atoms with van der Waals surface area (Å²) in [6, 6.07) is 40.4. The second-order valence-corrected chi connectivity index (χ2v) is 11.1. The third kappa shape index (κ3) is 3.16. The molecule has 1 aliphatic carbocycles. The Hall–Kier alpha value is -4.10. The minimum atomic E-state index is 0.0505.